The van der Waals surface area contributed by atoms with Gasteiger partial charge < -0.3 is 9.15 Å². The zero-order valence-electron chi connectivity index (χ0n) is 14.6. The maximum Gasteiger partial charge on any atom is 0.263 e. The van der Waals surface area contributed by atoms with Crippen molar-refractivity contribution < 1.29 is 9.15 Å². The predicted molar refractivity (Wildman–Crippen MR) is 104 cm³/mol. The van der Waals surface area contributed by atoms with Crippen LogP contribution < -0.4 is 5.56 Å². The van der Waals surface area contributed by atoms with Crippen LogP contribution in [-0.2, 0) is 11.3 Å². The Morgan fingerprint density at radius 2 is 2.04 bits per heavy atom. The SMILES string of the molecule is COCCn1c(-c2ccc(C)cc2)nc2scc(-c3ccco3)c2c1=O. The normalized spacial score (nSPS) is 11.3. The number of aromatic nitrogens is 2. The van der Waals surface area contributed by atoms with Crippen LogP contribution in [0.2, 0.25) is 0 Å². The first-order chi connectivity index (χ1) is 12.7. The molecule has 3 heterocycles. The molecule has 0 radical (unpaired) electrons. The molecular weight excluding hydrogens is 348 g/mol. The molecule has 0 unspecified atom stereocenters. The molecule has 6 heteroatoms. The highest BCUT2D eigenvalue weighted by atomic mass is 32.1. The minimum absolute atomic E-state index is 0.0738. The first-order valence-electron chi connectivity index (χ1n) is 8.31. The van der Waals surface area contributed by atoms with Gasteiger partial charge in [-0.1, -0.05) is 29.8 Å². The Labute approximate surface area is 154 Å². The third-order valence-corrected chi connectivity index (χ3v) is 5.18. The van der Waals surface area contributed by atoms with Crippen LogP contribution in [-0.4, -0.2) is 23.3 Å². The second kappa shape index (κ2) is 6.90. The lowest BCUT2D eigenvalue weighted by Gasteiger charge is -2.12. The lowest BCUT2D eigenvalue weighted by Crippen LogP contribution is -2.25. The Balaban J connectivity index is 1.97. The summed E-state index contributed by atoms with van der Waals surface area (Å²) in [5.74, 6) is 1.34. The van der Waals surface area contributed by atoms with Gasteiger partial charge in [0.15, 0.2) is 0 Å². The summed E-state index contributed by atoms with van der Waals surface area (Å²) in [6.07, 6.45) is 1.61. The Kier molecular flexibility index (Phi) is 4.44. The van der Waals surface area contributed by atoms with Crippen LogP contribution in [0.5, 0.6) is 0 Å². The molecular formula is C20H18N2O3S. The molecule has 0 saturated carbocycles. The zero-order chi connectivity index (χ0) is 18.1. The number of fused-ring (bicyclic) bond motifs is 1. The van der Waals surface area contributed by atoms with Gasteiger partial charge in [-0.15, -0.1) is 11.3 Å². The molecule has 0 atom stereocenters. The number of benzene rings is 1. The number of hydrogen-bond donors (Lipinski definition) is 0. The molecule has 0 saturated heterocycles. The third-order valence-electron chi connectivity index (χ3n) is 4.31. The topological polar surface area (TPSA) is 57.3 Å². The highest BCUT2D eigenvalue weighted by Gasteiger charge is 2.19. The molecule has 26 heavy (non-hydrogen) atoms. The number of thiophene rings is 1. The molecule has 5 nitrogen and oxygen atoms in total. The summed E-state index contributed by atoms with van der Waals surface area (Å²) in [6.45, 7) is 2.91. The van der Waals surface area contributed by atoms with E-state index in [1.54, 1.807) is 17.9 Å². The Hall–Kier alpha value is -2.70. The Morgan fingerprint density at radius 1 is 1.23 bits per heavy atom. The summed E-state index contributed by atoms with van der Waals surface area (Å²) in [5.41, 5.74) is 2.79. The van der Waals surface area contributed by atoms with Gasteiger partial charge in [-0.05, 0) is 19.1 Å². The predicted octanol–water partition coefficient (Wildman–Crippen LogP) is 4.34. The maximum absolute atomic E-state index is 13.3. The van der Waals surface area contributed by atoms with E-state index in [0.717, 1.165) is 16.7 Å². The molecule has 132 valence electrons. The van der Waals surface area contributed by atoms with E-state index in [-0.39, 0.29) is 5.56 Å². The average molecular weight is 366 g/mol. The molecule has 0 aliphatic carbocycles. The summed E-state index contributed by atoms with van der Waals surface area (Å²) >= 11 is 1.46. The van der Waals surface area contributed by atoms with Gasteiger partial charge >= 0.3 is 0 Å². The molecule has 0 aliphatic rings. The minimum atomic E-state index is -0.0738. The third kappa shape index (κ3) is 2.87. The fourth-order valence-electron chi connectivity index (χ4n) is 2.95. The highest BCUT2D eigenvalue weighted by Crippen LogP contribution is 2.32. The smallest absolute Gasteiger partial charge is 0.263 e. The van der Waals surface area contributed by atoms with Crippen molar-refractivity contribution >= 4 is 21.6 Å². The van der Waals surface area contributed by atoms with Crippen LogP contribution in [0.25, 0.3) is 32.9 Å². The van der Waals surface area contributed by atoms with E-state index in [1.165, 1.54) is 11.3 Å². The number of methoxy groups -OCH3 is 1. The highest BCUT2D eigenvalue weighted by molar-refractivity contribution is 7.17. The van der Waals surface area contributed by atoms with Crippen molar-refractivity contribution in [3.05, 3.63) is 64.0 Å². The monoisotopic (exact) mass is 366 g/mol. The average Bonchev–Trinajstić information content (AvgIpc) is 3.31. The summed E-state index contributed by atoms with van der Waals surface area (Å²) in [4.78, 5) is 18.8. The quantitative estimate of drug-likeness (QED) is 0.527. The number of rotatable bonds is 5. The lowest BCUT2D eigenvalue weighted by atomic mass is 10.1. The maximum atomic E-state index is 13.3. The number of ether oxygens (including phenoxy) is 1. The molecule has 0 amide bonds. The second-order valence-corrected chi connectivity index (χ2v) is 6.92. The van der Waals surface area contributed by atoms with Gasteiger partial charge in [-0.25, -0.2) is 4.98 Å². The number of furan rings is 1. The minimum Gasteiger partial charge on any atom is -0.464 e. The number of nitrogens with zero attached hydrogens (tertiary/aromatic N) is 2. The van der Waals surface area contributed by atoms with Gasteiger partial charge in [-0.3, -0.25) is 9.36 Å². The summed E-state index contributed by atoms with van der Waals surface area (Å²) < 4.78 is 12.4. The Morgan fingerprint density at radius 3 is 2.73 bits per heavy atom. The summed E-state index contributed by atoms with van der Waals surface area (Å²) in [7, 11) is 1.63. The molecule has 3 aromatic heterocycles. The van der Waals surface area contributed by atoms with Crippen molar-refractivity contribution in [1.82, 2.24) is 9.55 Å². The standard InChI is InChI=1S/C20H18N2O3S/c1-13-5-7-14(8-6-13)18-21-19-17(20(23)22(18)9-11-24-2)15(12-26-19)16-4-3-10-25-16/h3-8,10,12H,9,11H2,1-2H3. The van der Waals surface area contributed by atoms with E-state index in [9.17, 15) is 4.79 Å². The van der Waals surface area contributed by atoms with Gasteiger partial charge in [0.1, 0.15) is 16.4 Å². The van der Waals surface area contributed by atoms with Crippen molar-refractivity contribution in [1.29, 1.82) is 0 Å². The van der Waals surface area contributed by atoms with Crippen molar-refractivity contribution in [3.63, 3.8) is 0 Å². The molecule has 0 N–H and O–H groups in total. The largest absolute Gasteiger partial charge is 0.464 e. The zero-order valence-corrected chi connectivity index (χ0v) is 15.4. The summed E-state index contributed by atoms with van der Waals surface area (Å²) in [6, 6.07) is 11.7. The number of aryl methyl sites for hydroxylation is 1. The van der Waals surface area contributed by atoms with E-state index >= 15 is 0 Å². The van der Waals surface area contributed by atoms with Crippen LogP contribution in [0.15, 0.2) is 57.3 Å². The Bertz CT molecular complexity index is 1090. The van der Waals surface area contributed by atoms with Crippen LogP contribution in [0.4, 0.5) is 0 Å². The van der Waals surface area contributed by atoms with Gasteiger partial charge in [0, 0.05) is 23.6 Å². The van der Waals surface area contributed by atoms with Crippen LogP contribution in [0, 0.1) is 6.92 Å². The van der Waals surface area contributed by atoms with E-state index in [4.69, 9.17) is 14.1 Å². The van der Waals surface area contributed by atoms with Gasteiger partial charge in [0.05, 0.1) is 24.8 Å². The lowest BCUT2D eigenvalue weighted by molar-refractivity contribution is 0.186. The van der Waals surface area contributed by atoms with Crippen molar-refractivity contribution in [2.75, 3.05) is 13.7 Å². The van der Waals surface area contributed by atoms with Gasteiger partial charge in [0.2, 0.25) is 0 Å². The van der Waals surface area contributed by atoms with Crippen LogP contribution in [0.1, 0.15) is 5.56 Å². The van der Waals surface area contributed by atoms with E-state index in [2.05, 4.69) is 0 Å². The van der Waals surface area contributed by atoms with E-state index in [0.29, 0.717) is 35.0 Å². The summed E-state index contributed by atoms with van der Waals surface area (Å²) in [5, 5.41) is 2.52. The molecule has 0 spiro atoms. The van der Waals surface area contributed by atoms with E-state index in [1.807, 2.05) is 48.7 Å². The molecule has 4 rings (SSSR count). The van der Waals surface area contributed by atoms with Crippen molar-refractivity contribution in [3.8, 4) is 22.7 Å². The fraction of sp³-hybridized carbons (Fsp3) is 0.200. The molecule has 4 aromatic rings. The first kappa shape index (κ1) is 16.8. The molecule has 0 bridgehead atoms. The molecule has 0 aliphatic heterocycles. The molecule has 1 aromatic carbocycles. The van der Waals surface area contributed by atoms with Crippen LogP contribution >= 0.6 is 11.3 Å². The van der Waals surface area contributed by atoms with Gasteiger partial charge in [0.25, 0.3) is 5.56 Å². The fourth-order valence-corrected chi connectivity index (χ4v) is 3.87. The second-order valence-electron chi connectivity index (χ2n) is 6.06. The first-order valence-corrected chi connectivity index (χ1v) is 9.19. The van der Waals surface area contributed by atoms with Crippen molar-refractivity contribution in [2.24, 2.45) is 0 Å². The van der Waals surface area contributed by atoms with Gasteiger partial charge in [-0.2, -0.15) is 0 Å². The van der Waals surface area contributed by atoms with Crippen LogP contribution in [0.3, 0.4) is 0 Å². The van der Waals surface area contributed by atoms with E-state index < -0.39 is 0 Å². The van der Waals surface area contributed by atoms with Crippen molar-refractivity contribution in [2.45, 2.75) is 13.5 Å². The molecule has 0 fully saturated rings. The number of hydrogen-bond acceptors (Lipinski definition) is 5.